The van der Waals surface area contributed by atoms with E-state index in [1.165, 1.54) is 25.5 Å². The second kappa shape index (κ2) is 21.0. The van der Waals surface area contributed by atoms with Gasteiger partial charge in [-0.25, -0.2) is 9.50 Å². The molecule has 0 aliphatic carbocycles. The summed E-state index contributed by atoms with van der Waals surface area (Å²) in [4.78, 5) is 17.5. The summed E-state index contributed by atoms with van der Waals surface area (Å²) in [6.07, 6.45) is 15.2. The third-order valence-corrected chi connectivity index (χ3v) is 7.59. The minimum Gasteiger partial charge on any atom is -0.390 e. The molecule has 2 heterocycles. The van der Waals surface area contributed by atoms with E-state index in [9.17, 15) is 9.90 Å². The highest BCUT2D eigenvalue weighted by molar-refractivity contribution is 6.00. The normalized spacial score (nSPS) is 12.5. The number of unbranched alkanes of at least 4 members (excludes halogenated alkanes) is 2. The van der Waals surface area contributed by atoms with Crippen LogP contribution >= 0.6 is 0 Å². The highest BCUT2D eigenvalue weighted by Crippen LogP contribution is 2.39. The van der Waals surface area contributed by atoms with Crippen LogP contribution in [0.15, 0.2) is 59.7 Å². The summed E-state index contributed by atoms with van der Waals surface area (Å²) in [7, 11) is 0. The fourth-order valence-corrected chi connectivity index (χ4v) is 4.03. The monoisotopic (exact) mass is 598 g/mol. The van der Waals surface area contributed by atoms with Crippen molar-refractivity contribution >= 4 is 11.6 Å². The first-order chi connectivity index (χ1) is 20.3. The maximum atomic E-state index is 13.2. The first-order valence-corrected chi connectivity index (χ1v) is 16.3. The molecule has 244 valence electrons. The number of nitrogens with zero attached hydrogens (tertiary/aromatic N) is 3. The molecule has 2 aromatic heterocycles. The molecule has 2 rings (SSSR count). The zero-order valence-electron chi connectivity index (χ0n) is 29.3. The number of nitrogens with one attached hydrogen (secondary N) is 1. The summed E-state index contributed by atoms with van der Waals surface area (Å²) in [6, 6.07) is 1.77. The molecule has 0 aromatic carbocycles. The van der Waals surface area contributed by atoms with Gasteiger partial charge in [0, 0.05) is 31.3 Å². The van der Waals surface area contributed by atoms with Gasteiger partial charge in [-0.2, -0.15) is 5.10 Å². The lowest BCUT2D eigenvalue weighted by atomic mass is 9.71. The number of amides is 1. The summed E-state index contributed by atoms with van der Waals surface area (Å²) >= 11 is 0. The number of rotatable bonds is 16. The van der Waals surface area contributed by atoms with Crippen molar-refractivity contribution in [3.63, 3.8) is 0 Å². The van der Waals surface area contributed by atoms with E-state index in [4.69, 9.17) is 4.74 Å². The second-order valence-corrected chi connectivity index (χ2v) is 11.9. The molecule has 0 bridgehead atoms. The van der Waals surface area contributed by atoms with E-state index in [1.807, 2.05) is 40.7 Å². The number of aromatic nitrogens is 3. The molecular formula is C36H62N4O3. The molecule has 2 aromatic rings. The van der Waals surface area contributed by atoms with Gasteiger partial charge in [0.1, 0.15) is 5.56 Å². The quantitative estimate of drug-likeness (QED) is 0.148. The van der Waals surface area contributed by atoms with Crippen LogP contribution < -0.4 is 5.32 Å². The van der Waals surface area contributed by atoms with Crippen LogP contribution in [0.3, 0.4) is 0 Å². The Kier molecular flexibility index (Phi) is 19.7. The van der Waals surface area contributed by atoms with Crippen LogP contribution in [0.5, 0.6) is 0 Å². The van der Waals surface area contributed by atoms with Gasteiger partial charge >= 0.3 is 0 Å². The average molecular weight is 599 g/mol. The summed E-state index contributed by atoms with van der Waals surface area (Å²) in [5, 5.41) is 18.0. The van der Waals surface area contributed by atoms with Gasteiger partial charge in [0.05, 0.1) is 11.8 Å². The van der Waals surface area contributed by atoms with E-state index >= 15 is 0 Å². The SMILES string of the molecule is C=C(CC)/C(=C\C(NC(=O)c1cnn2cccnc12)=C(\C)CCC)CC(C)(C)C(C)(C)O.CC.CCCCCOCCC. The Balaban J connectivity index is 0.00000137. The van der Waals surface area contributed by atoms with Crippen molar-refractivity contribution in [2.75, 3.05) is 13.2 Å². The molecule has 0 fully saturated rings. The van der Waals surface area contributed by atoms with E-state index in [0.29, 0.717) is 17.6 Å². The lowest BCUT2D eigenvalue weighted by molar-refractivity contribution is -0.0341. The number of hydrogen-bond donors (Lipinski definition) is 2. The summed E-state index contributed by atoms with van der Waals surface area (Å²) in [5.74, 6) is -0.247. The highest BCUT2D eigenvalue weighted by Gasteiger charge is 2.36. The maximum absolute atomic E-state index is 13.2. The molecular weight excluding hydrogens is 536 g/mol. The smallest absolute Gasteiger partial charge is 0.261 e. The first kappa shape index (κ1) is 40.2. The maximum Gasteiger partial charge on any atom is 0.261 e. The zero-order chi connectivity index (χ0) is 33.1. The van der Waals surface area contributed by atoms with Gasteiger partial charge in [0.15, 0.2) is 5.65 Å². The standard InChI is InChI=1S/C26H38N4O2.C8H18O.C2H6/c1-9-12-19(4)22(15-20(18(3)10-2)16-25(5,6)26(7,8)32)29-24(31)21-17-28-30-14-11-13-27-23(21)30;1-3-5-6-8-9-7-4-2;1-2/h11,13-15,17,32H,3,9-10,12,16H2,1-2,4-8H3,(H,29,31);3-8H2,1-2H3;1-2H3/b20-15-,22-19+;;. The van der Waals surface area contributed by atoms with E-state index in [0.717, 1.165) is 61.3 Å². The summed E-state index contributed by atoms with van der Waals surface area (Å²) in [6.45, 7) is 28.5. The van der Waals surface area contributed by atoms with Crippen molar-refractivity contribution in [2.24, 2.45) is 5.41 Å². The Morgan fingerprint density at radius 2 is 1.74 bits per heavy atom. The van der Waals surface area contributed by atoms with Crippen molar-refractivity contribution in [3.05, 3.63) is 65.3 Å². The topological polar surface area (TPSA) is 88.8 Å². The molecule has 0 unspecified atom stereocenters. The van der Waals surface area contributed by atoms with E-state index < -0.39 is 5.60 Å². The Morgan fingerprint density at radius 1 is 1.07 bits per heavy atom. The Hall–Kier alpha value is -2.77. The van der Waals surface area contributed by atoms with Gasteiger partial charge in [-0.15, -0.1) is 0 Å². The molecule has 7 nitrogen and oxygen atoms in total. The van der Waals surface area contributed by atoms with Crippen LogP contribution in [-0.4, -0.2) is 44.4 Å². The largest absolute Gasteiger partial charge is 0.390 e. The number of fused-ring (bicyclic) bond motifs is 1. The van der Waals surface area contributed by atoms with E-state index in [2.05, 4.69) is 63.5 Å². The zero-order valence-corrected chi connectivity index (χ0v) is 29.3. The van der Waals surface area contributed by atoms with E-state index in [1.54, 1.807) is 23.0 Å². The van der Waals surface area contributed by atoms with Crippen LogP contribution in [0, 0.1) is 5.41 Å². The molecule has 43 heavy (non-hydrogen) atoms. The summed E-state index contributed by atoms with van der Waals surface area (Å²) < 4.78 is 6.87. The van der Waals surface area contributed by atoms with Crippen molar-refractivity contribution < 1.29 is 14.6 Å². The minimum absolute atomic E-state index is 0.247. The summed E-state index contributed by atoms with van der Waals surface area (Å²) in [5.41, 5.74) is 3.58. The number of ether oxygens (including phenoxy) is 1. The molecule has 0 atom stereocenters. The highest BCUT2D eigenvalue weighted by atomic mass is 16.5. The van der Waals surface area contributed by atoms with Crippen molar-refractivity contribution in [1.29, 1.82) is 0 Å². The fourth-order valence-electron chi connectivity index (χ4n) is 4.03. The first-order valence-electron chi connectivity index (χ1n) is 16.3. The third-order valence-electron chi connectivity index (χ3n) is 7.59. The Labute approximate surface area is 262 Å². The van der Waals surface area contributed by atoms with Crippen LogP contribution in [0.2, 0.25) is 0 Å². The second-order valence-electron chi connectivity index (χ2n) is 11.9. The van der Waals surface area contributed by atoms with Gasteiger partial charge in [0.2, 0.25) is 0 Å². The lowest BCUT2D eigenvalue weighted by Crippen LogP contribution is -2.39. The molecule has 1 amide bonds. The number of hydrogen-bond acceptors (Lipinski definition) is 5. The number of carbonyl (C=O) groups is 1. The van der Waals surface area contributed by atoms with E-state index in [-0.39, 0.29) is 11.3 Å². The van der Waals surface area contributed by atoms with Crippen molar-refractivity contribution in [3.8, 4) is 0 Å². The van der Waals surface area contributed by atoms with Crippen molar-refractivity contribution in [2.45, 2.75) is 133 Å². The van der Waals surface area contributed by atoms with Gasteiger partial charge in [-0.05, 0) is 81.6 Å². The molecule has 0 radical (unpaired) electrons. The lowest BCUT2D eigenvalue weighted by Gasteiger charge is -2.38. The predicted octanol–water partition coefficient (Wildman–Crippen LogP) is 9.24. The van der Waals surface area contributed by atoms with Crippen LogP contribution in [-0.2, 0) is 4.74 Å². The molecule has 0 aliphatic heterocycles. The van der Waals surface area contributed by atoms with Crippen molar-refractivity contribution in [1.82, 2.24) is 19.9 Å². The molecule has 0 saturated carbocycles. The molecule has 7 heteroatoms. The molecule has 0 aliphatic rings. The Morgan fingerprint density at radius 3 is 2.30 bits per heavy atom. The van der Waals surface area contributed by atoms with Gasteiger partial charge in [-0.1, -0.05) is 86.8 Å². The predicted molar refractivity (Wildman–Crippen MR) is 182 cm³/mol. The molecule has 0 saturated heterocycles. The average Bonchev–Trinajstić information content (AvgIpc) is 3.41. The van der Waals surface area contributed by atoms with Gasteiger partial charge < -0.3 is 15.2 Å². The minimum atomic E-state index is -0.867. The van der Waals surface area contributed by atoms with Crippen LogP contribution in [0.1, 0.15) is 138 Å². The fraction of sp³-hybridized carbons (Fsp3) is 0.639. The Bertz CT molecular complexity index is 1150. The van der Waals surface area contributed by atoms with Gasteiger partial charge in [0.25, 0.3) is 5.91 Å². The number of allylic oxidation sites excluding steroid dienone is 4. The van der Waals surface area contributed by atoms with Crippen LogP contribution in [0.4, 0.5) is 0 Å². The molecule has 0 spiro atoms. The third kappa shape index (κ3) is 14.0. The number of carbonyl (C=O) groups excluding carboxylic acids is 1. The number of aliphatic hydroxyl groups is 1. The van der Waals surface area contributed by atoms with Gasteiger partial charge in [-0.3, -0.25) is 4.79 Å². The molecule has 2 N–H and O–H groups in total. The van der Waals surface area contributed by atoms with Crippen LogP contribution in [0.25, 0.3) is 5.65 Å².